The van der Waals surface area contributed by atoms with Gasteiger partial charge in [-0.3, -0.25) is 4.79 Å². The second-order valence-electron chi connectivity index (χ2n) is 7.53. The number of aryl methyl sites for hydroxylation is 1. The third-order valence-corrected chi connectivity index (χ3v) is 5.30. The number of aromatic nitrogens is 2. The van der Waals surface area contributed by atoms with Crippen LogP contribution in [0.4, 0.5) is 0 Å². The normalized spacial score (nSPS) is 10.8. The zero-order valence-electron chi connectivity index (χ0n) is 18.2. The molecule has 0 aliphatic carbocycles. The Balaban J connectivity index is 1.73. The second kappa shape index (κ2) is 11.2. The van der Waals surface area contributed by atoms with E-state index in [-0.39, 0.29) is 6.42 Å². The highest BCUT2D eigenvalue weighted by atomic mass is 16.5. The van der Waals surface area contributed by atoms with Crippen LogP contribution in [0.2, 0.25) is 0 Å². The molecule has 1 heterocycles. The fourth-order valence-corrected chi connectivity index (χ4v) is 3.56. The molecule has 3 rings (SSSR count). The van der Waals surface area contributed by atoms with Gasteiger partial charge >= 0.3 is 5.97 Å². The topological polar surface area (TPSA) is 84.4 Å². The summed E-state index contributed by atoms with van der Waals surface area (Å²) in [7, 11) is 3.32. The average Bonchev–Trinajstić information content (AvgIpc) is 3.22. The van der Waals surface area contributed by atoms with Gasteiger partial charge in [0.15, 0.2) is 0 Å². The summed E-state index contributed by atoms with van der Waals surface area (Å²) in [6, 6.07) is 15.9. The van der Waals surface area contributed by atoms with E-state index in [0.717, 1.165) is 78.4 Å². The molecule has 1 aromatic heterocycles. The smallest absolute Gasteiger partial charge is 0.303 e. The van der Waals surface area contributed by atoms with E-state index in [1.165, 1.54) is 0 Å². The predicted molar refractivity (Wildman–Crippen MR) is 122 cm³/mol. The number of H-pyrrole nitrogens is 1. The largest absolute Gasteiger partial charge is 0.497 e. The van der Waals surface area contributed by atoms with Crippen LogP contribution in [0.1, 0.15) is 44.3 Å². The predicted octanol–water partition coefficient (Wildman–Crippen LogP) is 5.73. The third kappa shape index (κ3) is 6.35. The van der Waals surface area contributed by atoms with E-state index in [9.17, 15) is 4.79 Å². The molecule has 164 valence electrons. The zero-order chi connectivity index (χ0) is 22.1. The number of ether oxygens (including phenoxy) is 2. The number of aromatic amines is 1. The molecule has 3 aromatic rings. The molecular formula is C25H30N2O4. The van der Waals surface area contributed by atoms with Gasteiger partial charge in [0.25, 0.3) is 0 Å². The quantitative estimate of drug-likeness (QED) is 0.364. The minimum absolute atomic E-state index is 0.259. The summed E-state index contributed by atoms with van der Waals surface area (Å²) in [6.45, 7) is 0. The van der Waals surface area contributed by atoms with Gasteiger partial charge in [-0.1, -0.05) is 19.3 Å². The molecule has 0 atom stereocenters. The minimum atomic E-state index is -0.715. The maximum Gasteiger partial charge on any atom is 0.303 e. The van der Waals surface area contributed by atoms with Gasteiger partial charge in [-0.2, -0.15) is 0 Å². The van der Waals surface area contributed by atoms with E-state index < -0.39 is 5.97 Å². The van der Waals surface area contributed by atoms with E-state index >= 15 is 0 Å². The van der Waals surface area contributed by atoms with E-state index in [2.05, 4.69) is 4.98 Å². The van der Waals surface area contributed by atoms with Crippen LogP contribution in [0.3, 0.4) is 0 Å². The highest BCUT2D eigenvalue weighted by Gasteiger charge is 2.14. The number of nitrogens with zero attached hydrogens (tertiary/aromatic N) is 1. The molecule has 0 bridgehead atoms. The number of hydrogen-bond donors (Lipinski definition) is 2. The van der Waals surface area contributed by atoms with Gasteiger partial charge in [-0.25, -0.2) is 4.98 Å². The molecule has 0 unspecified atom stereocenters. The van der Waals surface area contributed by atoms with Gasteiger partial charge in [0.05, 0.1) is 25.6 Å². The Bertz CT molecular complexity index is 897. The molecular weight excluding hydrogens is 392 g/mol. The summed E-state index contributed by atoms with van der Waals surface area (Å²) < 4.78 is 10.6. The van der Waals surface area contributed by atoms with Gasteiger partial charge < -0.3 is 19.6 Å². The van der Waals surface area contributed by atoms with Crippen LogP contribution in [0.15, 0.2) is 48.5 Å². The van der Waals surface area contributed by atoms with Crippen molar-refractivity contribution in [2.75, 3.05) is 14.2 Å². The maximum absolute atomic E-state index is 10.6. The highest BCUT2D eigenvalue weighted by molar-refractivity contribution is 5.79. The van der Waals surface area contributed by atoms with E-state index in [1.807, 2.05) is 48.5 Å². The molecule has 0 amide bonds. The summed E-state index contributed by atoms with van der Waals surface area (Å²) in [5, 5.41) is 8.71. The number of methoxy groups -OCH3 is 2. The van der Waals surface area contributed by atoms with Crippen LogP contribution in [0, 0.1) is 0 Å². The van der Waals surface area contributed by atoms with Gasteiger partial charge in [0, 0.05) is 24.0 Å². The maximum atomic E-state index is 10.6. The van der Waals surface area contributed by atoms with Crippen LogP contribution < -0.4 is 9.47 Å². The Morgan fingerprint density at radius 1 is 0.839 bits per heavy atom. The number of carbonyl (C=O) groups is 1. The zero-order valence-corrected chi connectivity index (χ0v) is 18.2. The molecule has 0 fully saturated rings. The van der Waals surface area contributed by atoms with E-state index in [4.69, 9.17) is 19.6 Å². The fourth-order valence-electron chi connectivity index (χ4n) is 3.56. The number of benzene rings is 2. The third-order valence-electron chi connectivity index (χ3n) is 5.30. The van der Waals surface area contributed by atoms with Crippen molar-refractivity contribution in [3.63, 3.8) is 0 Å². The molecule has 0 aliphatic heterocycles. The Hall–Kier alpha value is -3.28. The van der Waals surface area contributed by atoms with E-state index in [1.54, 1.807) is 14.2 Å². The van der Waals surface area contributed by atoms with E-state index in [0.29, 0.717) is 0 Å². The summed E-state index contributed by atoms with van der Waals surface area (Å²) in [5.74, 6) is 1.88. The number of imidazole rings is 1. The monoisotopic (exact) mass is 422 g/mol. The lowest BCUT2D eigenvalue weighted by atomic mass is 10.0. The first kappa shape index (κ1) is 22.4. The Morgan fingerprint density at radius 3 is 1.97 bits per heavy atom. The van der Waals surface area contributed by atoms with Crippen molar-refractivity contribution in [3.8, 4) is 34.0 Å². The first-order valence-corrected chi connectivity index (χ1v) is 10.7. The number of aliphatic carboxylic acids is 1. The number of hydrogen-bond acceptors (Lipinski definition) is 4. The van der Waals surface area contributed by atoms with Crippen molar-refractivity contribution in [2.45, 2.75) is 44.9 Å². The SMILES string of the molecule is COc1ccc(-c2nc(CCCCCCCC(=O)O)[nH]c2-c2ccc(OC)cc2)cc1. The summed E-state index contributed by atoms with van der Waals surface area (Å²) >= 11 is 0. The molecule has 2 aromatic carbocycles. The van der Waals surface area contributed by atoms with Gasteiger partial charge in [0.1, 0.15) is 17.3 Å². The van der Waals surface area contributed by atoms with Crippen molar-refractivity contribution < 1.29 is 19.4 Å². The summed E-state index contributed by atoms with van der Waals surface area (Å²) in [5.41, 5.74) is 4.00. The minimum Gasteiger partial charge on any atom is -0.497 e. The van der Waals surface area contributed by atoms with Crippen LogP contribution in [0.25, 0.3) is 22.5 Å². The second-order valence-corrected chi connectivity index (χ2v) is 7.53. The Morgan fingerprint density at radius 2 is 1.39 bits per heavy atom. The van der Waals surface area contributed by atoms with Crippen molar-refractivity contribution in [1.29, 1.82) is 0 Å². The van der Waals surface area contributed by atoms with Crippen LogP contribution >= 0.6 is 0 Å². The average molecular weight is 423 g/mol. The molecule has 31 heavy (non-hydrogen) atoms. The molecule has 0 saturated carbocycles. The fraction of sp³-hybridized carbons (Fsp3) is 0.360. The van der Waals surface area contributed by atoms with Gasteiger partial charge in [0.2, 0.25) is 0 Å². The number of nitrogens with one attached hydrogen (secondary N) is 1. The lowest BCUT2D eigenvalue weighted by Crippen LogP contribution is -1.94. The van der Waals surface area contributed by atoms with Crippen molar-refractivity contribution >= 4 is 5.97 Å². The van der Waals surface area contributed by atoms with Crippen LogP contribution in [0.5, 0.6) is 11.5 Å². The first-order chi connectivity index (χ1) is 15.1. The molecule has 0 spiro atoms. The van der Waals surface area contributed by atoms with Crippen molar-refractivity contribution in [2.24, 2.45) is 0 Å². The van der Waals surface area contributed by atoms with Gasteiger partial charge in [-0.05, 0) is 61.4 Å². The first-order valence-electron chi connectivity index (χ1n) is 10.7. The number of carboxylic acid groups (broad SMARTS) is 1. The molecule has 0 aliphatic rings. The van der Waals surface area contributed by atoms with Gasteiger partial charge in [-0.15, -0.1) is 0 Å². The number of carboxylic acids is 1. The summed E-state index contributed by atoms with van der Waals surface area (Å²) in [4.78, 5) is 19.0. The lowest BCUT2D eigenvalue weighted by Gasteiger charge is -2.06. The molecule has 6 heteroatoms. The molecule has 0 saturated heterocycles. The number of unbranched alkanes of at least 4 members (excludes halogenated alkanes) is 4. The summed E-state index contributed by atoms with van der Waals surface area (Å²) in [6.07, 6.45) is 5.95. The molecule has 2 N–H and O–H groups in total. The van der Waals surface area contributed by atoms with Crippen LogP contribution in [-0.2, 0) is 11.2 Å². The van der Waals surface area contributed by atoms with Crippen LogP contribution in [-0.4, -0.2) is 35.3 Å². The highest BCUT2D eigenvalue weighted by Crippen LogP contribution is 2.32. The van der Waals surface area contributed by atoms with Crippen molar-refractivity contribution in [3.05, 3.63) is 54.4 Å². The Labute approximate surface area is 183 Å². The molecule has 0 radical (unpaired) electrons. The lowest BCUT2D eigenvalue weighted by molar-refractivity contribution is -0.137. The van der Waals surface area contributed by atoms with Crippen molar-refractivity contribution in [1.82, 2.24) is 9.97 Å². The Kier molecular flexibility index (Phi) is 8.10. The standard InChI is InChI=1S/C25H30N2O4/c1-30-20-14-10-18(11-15-20)24-25(19-12-16-21(31-2)17-13-19)27-22(26-24)8-6-4-3-5-7-9-23(28)29/h10-17H,3-9H2,1-2H3,(H,26,27)(H,28,29). The number of rotatable bonds is 12. The molecule has 6 nitrogen and oxygen atoms in total.